The Bertz CT molecular complexity index is 417. The van der Waals surface area contributed by atoms with Gasteiger partial charge in [-0.25, -0.2) is 0 Å². The van der Waals surface area contributed by atoms with E-state index in [1.807, 2.05) is 19.1 Å². The van der Waals surface area contributed by atoms with E-state index in [1.165, 1.54) is 17.7 Å². The lowest BCUT2D eigenvalue weighted by Crippen LogP contribution is -2.30. The first-order valence-corrected chi connectivity index (χ1v) is 7.31. The monoisotopic (exact) mass is 282 g/mol. The highest BCUT2D eigenvalue weighted by Gasteiger charge is 2.19. The standard InChI is InChI=1S/C15H23ClN2O/c1-11(17)8-12-5-6-13(16)9-15(12)18(2)10-14-4-3-7-19-14/h5-6,9,11,14H,3-4,7-8,10,17H2,1-2H3. The number of anilines is 1. The molecule has 1 aliphatic heterocycles. The lowest BCUT2D eigenvalue weighted by Gasteiger charge is -2.26. The van der Waals surface area contributed by atoms with Crippen molar-refractivity contribution < 1.29 is 4.74 Å². The highest BCUT2D eigenvalue weighted by molar-refractivity contribution is 6.30. The molecule has 1 aliphatic rings. The second kappa shape index (κ2) is 6.60. The van der Waals surface area contributed by atoms with Crippen LogP contribution >= 0.6 is 11.6 Å². The molecule has 0 amide bonds. The molecule has 1 aromatic carbocycles. The third-order valence-corrected chi connectivity index (χ3v) is 3.74. The fourth-order valence-electron chi connectivity index (χ4n) is 2.60. The van der Waals surface area contributed by atoms with Gasteiger partial charge in [-0.3, -0.25) is 0 Å². The van der Waals surface area contributed by atoms with E-state index in [-0.39, 0.29) is 6.04 Å². The van der Waals surface area contributed by atoms with Crippen LogP contribution in [0.3, 0.4) is 0 Å². The summed E-state index contributed by atoms with van der Waals surface area (Å²) in [4.78, 5) is 2.24. The van der Waals surface area contributed by atoms with Gasteiger partial charge in [0.25, 0.3) is 0 Å². The van der Waals surface area contributed by atoms with Gasteiger partial charge in [0.05, 0.1) is 6.10 Å². The Morgan fingerprint density at radius 1 is 1.53 bits per heavy atom. The van der Waals surface area contributed by atoms with Crippen molar-refractivity contribution in [2.24, 2.45) is 5.73 Å². The summed E-state index contributed by atoms with van der Waals surface area (Å²) in [5, 5.41) is 0.766. The molecule has 106 valence electrons. The number of ether oxygens (including phenoxy) is 1. The van der Waals surface area contributed by atoms with Crippen LogP contribution < -0.4 is 10.6 Å². The highest BCUT2D eigenvalue weighted by Crippen LogP contribution is 2.26. The quantitative estimate of drug-likeness (QED) is 0.902. The summed E-state index contributed by atoms with van der Waals surface area (Å²) in [5.74, 6) is 0. The van der Waals surface area contributed by atoms with E-state index in [1.54, 1.807) is 0 Å². The molecule has 1 aromatic rings. The molecule has 0 radical (unpaired) electrons. The summed E-state index contributed by atoms with van der Waals surface area (Å²) in [6.07, 6.45) is 3.52. The van der Waals surface area contributed by atoms with Crippen LogP contribution in [0.25, 0.3) is 0 Å². The maximum atomic E-state index is 6.12. The highest BCUT2D eigenvalue weighted by atomic mass is 35.5. The predicted molar refractivity (Wildman–Crippen MR) is 81.0 cm³/mol. The van der Waals surface area contributed by atoms with Gasteiger partial charge < -0.3 is 15.4 Å². The Morgan fingerprint density at radius 2 is 2.32 bits per heavy atom. The number of hydrogen-bond acceptors (Lipinski definition) is 3. The third-order valence-electron chi connectivity index (χ3n) is 3.50. The van der Waals surface area contributed by atoms with Gasteiger partial charge in [0.2, 0.25) is 0 Å². The number of benzene rings is 1. The van der Waals surface area contributed by atoms with E-state index >= 15 is 0 Å². The van der Waals surface area contributed by atoms with Crippen LogP contribution in [0.1, 0.15) is 25.3 Å². The minimum absolute atomic E-state index is 0.149. The zero-order valence-corrected chi connectivity index (χ0v) is 12.5. The van der Waals surface area contributed by atoms with Crippen LogP contribution in [0.2, 0.25) is 5.02 Å². The van der Waals surface area contributed by atoms with Gasteiger partial charge in [-0.2, -0.15) is 0 Å². The van der Waals surface area contributed by atoms with Gasteiger partial charge in [0.1, 0.15) is 0 Å². The van der Waals surface area contributed by atoms with Crippen molar-refractivity contribution in [2.75, 3.05) is 25.1 Å². The van der Waals surface area contributed by atoms with Crippen LogP contribution in [0.15, 0.2) is 18.2 Å². The van der Waals surface area contributed by atoms with Crippen molar-refractivity contribution in [3.8, 4) is 0 Å². The first-order chi connectivity index (χ1) is 9.06. The number of likely N-dealkylation sites (N-methyl/N-ethyl adjacent to an activating group) is 1. The van der Waals surface area contributed by atoms with Gasteiger partial charge in [-0.15, -0.1) is 0 Å². The van der Waals surface area contributed by atoms with Crippen LogP contribution in [0.4, 0.5) is 5.69 Å². The lowest BCUT2D eigenvalue weighted by molar-refractivity contribution is 0.116. The van der Waals surface area contributed by atoms with Crippen LogP contribution in [-0.4, -0.2) is 32.3 Å². The van der Waals surface area contributed by atoms with Crippen molar-refractivity contribution in [1.29, 1.82) is 0 Å². The maximum absolute atomic E-state index is 6.12. The van der Waals surface area contributed by atoms with E-state index in [9.17, 15) is 0 Å². The first kappa shape index (κ1) is 14.6. The molecule has 1 saturated heterocycles. The fraction of sp³-hybridized carbons (Fsp3) is 0.600. The topological polar surface area (TPSA) is 38.5 Å². The number of halogens is 1. The summed E-state index contributed by atoms with van der Waals surface area (Å²) in [7, 11) is 2.10. The summed E-state index contributed by atoms with van der Waals surface area (Å²) >= 11 is 6.12. The minimum Gasteiger partial charge on any atom is -0.376 e. The average Bonchev–Trinajstić information content (AvgIpc) is 2.83. The molecule has 4 heteroatoms. The van der Waals surface area contributed by atoms with E-state index < -0.39 is 0 Å². The van der Waals surface area contributed by atoms with E-state index in [0.717, 1.165) is 31.0 Å². The third kappa shape index (κ3) is 4.10. The van der Waals surface area contributed by atoms with Crippen molar-refractivity contribution in [2.45, 2.75) is 38.3 Å². The summed E-state index contributed by atoms with van der Waals surface area (Å²) in [5.41, 5.74) is 8.34. The molecule has 1 heterocycles. The Kier molecular flexibility index (Phi) is 5.08. The SMILES string of the molecule is CC(N)Cc1ccc(Cl)cc1N(C)CC1CCCO1. The second-order valence-electron chi connectivity index (χ2n) is 5.47. The molecular weight excluding hydrogens is 260 g/mol. The Labute approximate surface area is 120 Å². The molecule has 1 fully saturated rings. The minimum atomic E-state index is 0.149. The largest absolute Gasteiger partial charge is 0.376 e. The molecule has 19 heavy (non-hydrogen) atoms. The summed E-state index contributed by atoms with van der Waals surface area (Å²) in [6, 6.07) is 6.18. The smallest absolute Gasteiger partial charge is 0.0750 e. The van der Waals surface area contributed by atoms with Crippen molar-refractivity contribution in [3.63, 3.8) is 0 Å². The molecule has 3 nitrogen and oxygen atoms in total. The molecule has 2 unspecified atom stereocenters. The van der Waals surface area contributed by atoms with E-state index in [2.05, 4.69) is 18.0 Å². The Balaban J connectivity index is 2.13. The number of hydrogen-bond donors (Lipinski definition) is 1. The molecular formula is C15H23ClN2O. The molecule has 0 bridgehead atoms. The van der Waals surface area contributed by atoms with Crippen molar-refractivity contribution >= 4 is 17.3 Å². The molecule has 0 spiro atoms. The number of nitrogens with zero attached hydrogens (tertiary/aromatic N) is 1. The second-order valence-corrected chi connectivity index (χ2v) is 5.91. The average molecular weight is 283 g/mol. The molecule has 2 rings (SSSR count). The van der Waals surface area contributed by atoms with Crippen molar-refractivity contribution in [1.82, 2.24) is 0 Å². The number of nitrogens with two attached hydrogens (primary N) is 1. The predicted octanol–water partition coefficient (Wildman–Crippen LogP) is 2.84. The molecule has 2 atom stereocenters. The molecule has 0 saturated carbocycles. The molecule has 2 N–H and O–H groups in total. The fourth-order valence-corrected chi connectivity index (χ4v) is 2.77. The van der Waals surface area contributed by atoms with Gasteiger partial charge in [0.15, 0.2) is 0 Å². The van der Waals surface area contributed by atoms with Gasteiger partial charge in [-0.05, 0) is 43.9 Å². The van der Waals surface area contributed by atoms with Gasteiger partial charge in [0, 0.05) is 37.0 Å². The van der Waals surface area contributed by atoms with Gasteiger partial charge in [-0.1, -0.05) is 17.7 Å². The van der Waals surface area contributed by atoms with Crippen molar-refractivity contribution in [3.05, 3.63) is 28.8 Å². The Hall–Kier alpha value is -0.770. The van der Waals surface area contributed by atoms with Crippen LogP contribution in [0, 0.1) is 0 Å². The normalized spacial score (nSPS) is 20.5. The zero-order chi connectivity index (χ0) is 13.8. The lowest BCUT2D eigenvalue weighted by atomic mass is 10.0. The zero-order valence-electron chi connectivity index (χ0n) is 11.7. The number of rotatable bonds is 5. The van der Waals surface area contributed by atoms with E-state index in [0.29, 0.717) is 6.10 Å². The summed E-state index contributed by atoms with van der Waals surface area (Å²) in [6.45, 7) is 3.82. The molecule has 0 aliphatic carbocycles. The maximum Gasteiger partial charge on any atom is 0.0750 e. The van der Waals surface area contributed by atoms with Crippen LogP contribution in [0.5, 0.6) is 0 Å². The van der Waals surface area contributed by atoms with Crippen LogP contribution in [-0.2, 0) is 11.2 Å². The Morgan fingerprint density at radius 3 is 2.95 bits per heavy atom. The summed E-state index contributed by atoms with van der Waals surface area (Å²) < 4.78 is 5.70. The molecule has 0 aromatic heterocycles. The first-order valence-electron chi connectivity index (χ1n) is 6.93. The van der Waals surface area contributed by atoms with E-state index in [4.69, 9.17) is 22.1 Å². The van der Waals surface area contributed by atoms with Gasteiger partial charge >= 0.3 is 0 Å².